The molecule has 84 valence electrons. The lowest BCUT2D eigenvalue weighted by Crippen LogP contribution is -2.01. The summed E-state index contributed by atoms with van der Waals surface area (Å²) in [6.07, 6.45) is 1.09. The van der Waals surface area contributed by atoms with Crippen LogP contribution in [0.3, 0.4) is 0 Å². The summed E-state index contributed by atoms with van der Waals surface area (Å²) in [5.74, 6) is 0.801. The van der Waals surface area contributed by atoms with Crippen LogP contribution in [0.1, 0.15) is 19.4 Å². The van der Waals surface area contributed by atoms with Crippen molar-refractivity contribution in [3.63, 3.8) is 0 Å². The van der Waals surface area contributed by atoms with E-state index in [1.807, 2.05) is 4.57 Å². The number of anilines is 1. The van der Waals surface area contributed by atoms with Crippen molar-refractivity contribution in [2.45, 2.75) is 19.4 Å². The number of aromatic nitrogens is 2. The number of fused-ring (bicyclic) bond motifs is 1. The average Bonchev–Trinajstić information content (AvgIpc) is 2.82. The summed E-state index contributed by atoms with van der Waals surface area (Å²) >= 11 is 3.15. The Morgan fingerprint density at radius 2 is 2.25 bits per heavy atom. The van der Waals surface area contributed by atoms with Gasteiger partial charge in [-0.05, 0) is 34.3 Å². The number of hydrogen-bond acceptors (Lipinski definition) is 2. The van der Waals surface area contributed by atoms with E-state index in [1.54, 1.807) is 6.07 Å². The molecule has 0 amide bonds. The van der Waals surface area contributed by atoms with Crippen LogP contribution in [0.4, 0.5) is 10.3 Å². The maximum atomic E-state index is 13.5. The van der Waals surface area contributed by atoms with Gasteiger partial charge >= 0.3 is 0 Å². The molecule has 3 rings (SSSR count). The Morgan fingerprint density at radius 3 is 2.88 bits per heavy atom. The van der Waals surface area contributed by atoms with Crippen LogP contribution in [0.2, 0.25) is 0 Å². The smallest absolute Gasteiger partial charge is 0.201 e. The lowest BCUT2D eigenvalue weighted by molar-refractivity contribution is 0.621. The minimum absolute atomic E-state index is 0.276. The zero-order valence-electron chi connectivity index (χ0n) is 8.74. The number of hydrogen-bond donors (Lipinski definition) is 1. The molecule has 1 aliphatic rings. The molecule has 2 aromatic rings. The minimum Gasteiger partial charge on any atom is -0.369 e. The van der Waals surface area contributed by atoms with Crippen molar-refractivity contribution < 1.29 is 4.39 Å². The highest BCUT2D eigenvalue weighted by atomic mass is 79.9. The Hall–Kier alpha value is -1.10. The lowest BCUT2D eigenvalue weighted by Gasteiger charge is -2.04. The van der Waals surface area contributed by atoms with Crippen LogP contribution >= 0.6 is 15.9 Å². The second-order valence-electron chi connectivity index (χ2n) is 4.38. The lowest BCUT2D eigenvalue weighted by atomic mass is 10.3. The molecule has 2 unspecified atom stereocenters. The van der Waals surface area contributed by atoms with E-state index in [0.29, 0.717) is 22.4 Å². The highest BCUT2D eigenvalue weighted by Gasteiger charge is 2.36. The molecule has 1 fully saturated rings. The zero-order valence-corrected chi connectivity index (χ0v) is 10.3. The summed E-state index contributed by atoms with van der Waals surface area (Å²) < 4.78 is 15.9. The van der Waals surface area contributed by atoms with Gasteiger partial charge in [-0.1, -0.05) is 6.92 Å². The Morgan fingerprint density at radius 1 is 1.56 bits per heavy atom. The molecule has 2 N–H and O–H groups in total. The first-order valence-corrected chi connectivity index (χ1v) is 5.99. The van der Waals surface area contributed by atoms with E-state index >= 15 is 0 Å². The first-order valence-electron chi connectivity index (χ1n) is 5.20. The molecule has 2 atom stereocenters. The molecule has 3 nitrogen and oxygen atoms in total. The highest BCUT2D eigenvalue weighted by molar-refractivity contribution is 9.10. The first-order chi connectivity index (χ1) is 7.58. The van der Waals surface area contributed by atoms with Crippen LogP contribution in [0, 0.1) is 11.7 Å². The van der Waals surface area contributed by atoms with Gasteiger partial charge < -0.3 is 10.3 Å². The van der Waals surface area contributed by atoms with Crippen molar-refractivity contribution in [2.75, 3.05) is 5.73 Å². The number of nitrogens with zero attached hydrogens (tertiary/aromatic N) is 2. The average molecular weight is 284 g/mol. The van der Waals surface area contributed by atoms with E-state index in [1.165, 1.54) is 6.07 Å². The van der Waals surface area contributed by atoms with Crippen LogP contribution in [-0.2, 0) is 0 Å². The summed E-state index contributed by atoms with van der Waals surface area (Å²) in [5, 5.41) is 0. The third kappa shape index (κ3) is 1.34. The van der Waals surface area contributed by atoms with E-state index in [4.69, 9.17) is 5.73 Å². The standard InChI is InChI=1S/C11H11BrFN3/c1-5-2-9(5)16-10-4-7(13)6(12)3-8(10)15-11(16)14/h3-5,9H,2H2,1H3,(H2,14,15). The second kappa shape index (κ2) is 3.20. The number of nitrogens with two attached hydrogens (primary N) is 1. The summed E-state index contributed by atoms with van der Waals surface area (Å²) in [5.41, 5.74) is 7.40. The van der Waals surface area contributed by atoms with E-state index in [9.17, 15) is 4.39 Å². The number of nitrogen functional groups attached to an aromatic ring is 1. The van der Waals surface area contributed by atoms with Crippen molar-refractivity contribution in [1.29, 1.82) is 0 Å². The maximum absolute atomic E-state index is 13.5. The van der Waals surface area contributed by atoms with Crippen molar-refractivity contribution in [3.05, 3.63) is 22.4 Å². The quantitative estimate of drug-likeness (QED) is 0.874. The summed E-state index contributed by atoms with van der Waals surface area (Å²) in [7, 11) is 0. The fourth-order valence-corrected chi connectivity index (χ4v) is 2.45. The van der Waals surface area contributed by atoms with Gasteiger partial charge in [0.15, 0.2) is 0 Å². The number of imidazole rings is 1. The van der Waals surface area contributed by atoms with E-state index in [2.05, 4.69) is 27.8 Å². The van der Waals surface area contributed by atoms with E-state index in [-0.39, 0.29) is 5.82 Å². The molecular formula is C11H11BrFN3. The Bertz CT molecular complexity index is 578. The zero-order chi connectivity index (χ0) is 11.4. The van der Waals surface area contributed by atoms with E-state index < -0.39 is 0 Å². The van der Waals surface area contributed by atoms with Gasteiger partial charge in [0, 0.05) is 12.1 Å². The normalized spacial score (nSPS) is 23.9. The Kier molecular flexibility index (Phi) is 2.01. The van der Waals surface area contributed by atoms with Crippen molar-refractivity contribution in [1.82, 2.24) is 9.55 Å². The van der Waals surface area contributed by atoms with Gasteiger partial charge in [0.25, 0.3) is 0 Å². The largest absolute Gasteiger partial charge is 0.369 e. The van der Waals surface area contributed by atoms with Crippen LogP contribution in [0.5, 0.6) is 0 Å². The van der Waals surface area contributed by atoms with Crippen molar-refractivity contribution >= 4 is 32.9 Å². The van der Waals surface area contributed by atoms with Crippen molar-refractivity contribution in [3.8, 4) is 0 Å². The SMILES string of the molecule is CC1CC1n1c(N)nc2cc(Br)c(F)cc21. The summed E-state index contributed by atoms with van der Waals surface area (Å²) in [4.78, 5) is 4.25. The second-order valence-corrected chi connectivity index (χ2v) is 5.23. The first kappa shape index (κ1) is 10.1. The molecule has 0 spiro atoms. The summed E-state index contributed by atoms with van der Waals surface area (Å²) in [6, 6.07) is 3.55. The summed E-state index contributed by atoms with van der Waals surface area (Å²) in [6.45, 7) is 2.16. The van der Waals surface area contributed by atoms with Gasteiger partial charge in [0.05, 0.1) is 15.5 Å². The molecule has 1 aromatic carbocycles. The Balaban J connectivity index is 2.27. The monoisotopic (exact) mass is 283 g/mol. The number of rotatable bonds is 1. The molecule has 0 aliphatic heterocycles. The molecule has 1 aliphatic carbocycles. The van der Waals surface area contributed by atoms with Gasteiger partial charge in [-0.25, -0.2) is 9.37 Å². The molecule has 0 radical (unpaired) electrons. The fourth-order valence-electron chi connectivity index (χ4n) is 2.12. The molecule has 1 aromatic heterocycles. The third-order valence-electron chi connectivity index (χ3n) is 3.16. The molecule has 0 saturated heterocycles. The Labute approximate surface area is 101 Å². The van der Waals surface area contributed by atoms with Crippen molar-refractivity contribution in [2.24, 2.45) is 5.92 Å². The van der Waals surface area contributed by atoms with Gasteiger partial charge in [-0.15, -0.1) is 0 Å². The van der Waals surface area contributed by atoms with Gasteiger partial charge in [0.1, 0.15) is 5.82 Å². The molecule has 0 bridgehead atoms. The van der Waals surface area contributed by atoms with Crippen LogP contribution < -0.4 is 5.73 Å². The van der Waals surface area contributed by atoms with E-state index in [0.717, 1.165) is 17.5 Å². The van der Waals surface area contributed by atoms with Crippen LogP contribution in [0.15, 0.2) is 16.6 Å². The number of halogens is 2. The maximum Gasteiger partial charge on any atom is 0.201 e. The van der Waals surface area contributed by atoms with Gasteiger partial charge in [0.2, 0.25) is 5.95 Å². The molecule has 1 heterocycles. The van der Waals surface area contributed by atoms with Crippen LogP contribution in [0.25, 0.3) is 11.0 Å². The molecule has 5 heteroatoms. The molecular weight excluding hydrogens is 273 g/mol. The highest BCUT2D eigenvalue weighted by Crippen LogP contribution is 2.45. The number of benzene rings is 1. The molecule has 16 heavy (non-hydrogen) atoms. The van der Waals surface area contributed by atoms with Crippen LogP contribution in [-0.4, -0.2) is 9.55 Å². The predicted octanol–water partition coefficient (Wildman–Crippen LogP) is 3.10. The van der Waals surface area contributed by atoms with Gasteiger partial charge in [-0.3, -0.25) is 0 Å². The fraction of sp³-hybridized carbons (Fsp3) is 0.364. The predicted molar refractivity (Wildman–Crippen MR) is 64.6 cm³/mol. The minimum atomic E-state index is -0.276. The topological polar surface area (TPSA) is 43.8 Å². The van der Waals surface area contributed by atoms with Gasteiger partial charge in [-0.2, -0.15) is 0 Å². The third-order valence-corrected chi connectivity index (χ3v) is 3.77. The molecule has 1 saturated carbocycles.